The van der Waals surface area contributed by atoms with Gasteiger partial charge in [-0.15, -0.1) is 0 Å². The number of benzene rings is 10. The normalized spacial score (nSPS) is 17.1. The van der Waals surface area contributed by atoms with Gasteiger partial charge in [-0.25, -0.2) is 0 Å². The summed E-state index contributed by atoms with van der Waals surface area (Å²) in [6.45, 7) is 1.47. The molecule has 0 aromatic heterocycles. The Morgan fingerprint density at radius 2 is 0.507 bits per heavy atom. The fourth-order valence-corrected chi connectivity index (χ4v) is 10.6. The second-order valence-corrected chi connectivity index (χ2v) is 18.8. The summed E-state index contributed by atoms with van der Waals surface area (Å²) in [5, 5.41) is 72.0. The van der Waals surface area contributed by atoms with Crippen molar-refractivity contribution in [2.75, 3.05) is 9.80 Å². The number of rotatable bonds is 12. The fraction of sp³-hybridized carbons (Fsp3) is 0.0769. The van der Waals surface area contributed by atoms with E-state index in [9.17, 15) is 30.6 Å². The first-order valence-corrected chi connectivity index (χ1v) is 24.3. The molecule has 1 aliphatic rings. The van der Waals surface area contributed by atoms with Crippen LogP contribution < -0.4 is 9.80 Å². The van der Waals surface area contributed by atoms with Gasteiger partial charge in [-0.1, -0.05) is 170 Å². The van der Waals surface area contributed by atoms with E-state index < -0.39 is 23.5 Å². The predicted octanol–water partition coefficient (Wildman–Crippen LogP) is 15.1. The van der Waals surface area contributed by atoms with Crippen LogP contribution in [0.4, 0.5) is 34.1 Å². The van der Waals surface area contributed by atoms with Gasteiger partial charge in [0.1, 0.15) is 23.0 Å². The molecule has 0 saturated heterocycles. The standard InChI is InChI=1S/C65H52N2O6/c1-65(73)62(60-56(68)38-54(39-57(60)69)66(50-30-22-46(23-31-50)42-14-6-2-7-15-42)51-32-24-47(25-33-51)43-16-8-3-9-17-43)64(72)63(65)61-58(70)40-55(41-59(61)71)67(52-34-26-48(27-35-52)44-18-10-4-11-19-44)53-36-28-49(29-37-53)45-20-12-5-13-21-45/h2-41,62-64,68-73H,1H3. The lowest BCUT2D eigenvalue weighted by molar-refractivity contribution is -0.152. The number of aliphatic hydroxyl groups excluding tert-OH is 1. The highest BCUT2D eigenvalue weighted by molar-refractivity contribution is 5.84. The molecule has 0 radical (unpaired) electrons. The van der Waals surface area contributed by atoms with E-state index in [1.807, 2.05) is 228 Å². The van der Waals surface area contributed by atoms with E-state index in [0.717, 1.165) is 67.3 Å². The number of hydrogen-bond donors (Lipinski definition) is 6. The van der Waals surface area contributed by atoms with Gasteiger partial charge in [-0.3, -0.25) is 0 Å². The summed E-state index contributed by atoms with van der Waals surface area (Å²) in [6, 6.07) is 78.3. The molecule has 8 heteroatoms. The van der Waals surface area contributed by atoms with E-state index in [-0.39, 0.29) is 34.1 Å². The zero-order valence-corrected chi connectivity index (χ0v) is 39.9. The van der Waals surface area contributed by atoms with E-state index in [1.165, 1.54) is 31.2 Å². The van der Waals surface area contributed by atoms with E-state index >= 15 is 0 Å². The largest absolute Gasteiger partial charge is 0.507 e. The molecule has 6 N–H and O–H groups in total. The minimum Gasteiger partial charge on any atom is -0.507 e. The minimum absolute atomic E-state index is 0.0593. The van der Waals surface area contributed by atoms with Crippen molar-refractivity contribution >= 4 is 34.1 Å². The zero-order chi connectivity index (χ0) is 50.2. The molecule has 1 aliphatic carbocycles. The van der Waals surface area contributed by atoms with Gasteiger partial charge < -0.3 is 40.4 Å². The molecule has 1 fully saturated rings. The summed E-state index contributed by atoms with van der Waals surface area (Å²) in [7, 11) is 0. The Hall–Kier alpha value is -9.08. The lowest BCUT2D eigenvalue weighted by atomic mass is 9.54. The fourth-order valence-electron chi connectivity index (χ4n) is 10.6. The molecule has 0 aliphatic heterocycles. The second-order valence-electron chi connectivity index (χ2n) is 18.8. The van der Waals surface area contributed by atoms with Crippen molar-refractivity contribution < 1.29 is 30.6 Å². The van der Waals surface area contributed by atoms with Crippen LogP contribution in [-0.4, -0.2) is 42.3 Å². The van der Waals surface area contributed by atoms with Crippen molar-refractivity contribution in [3.05, 3.63) is 254 Å². The number of phenolic OH excluding ortho intramolecular Hbond substituents is 4. The van der Waals surface area contributed by atoms with Crippen LogP contribution in [0.5, 0.6) is 23.0 Å². The van der Waals surface area contributed by atoms with Crippen LogP contribution in [0.25, 0.3) is 44.5 Å². The van der Waals surface area contributed by atoms with Crippen molar-refractivity contribution in [1.82, 2.24) is 0 Å². The molecule has 0 spiro atoms. The number of aliphatic hydroxyl groups is 2. The van der Waals surface area contributed by atoms with Crippen LogP contribution in [0.3, 0.4) is 0 Å². The van der Waals surface area contributed by atoms with Crippen LogP contribution in [0.1, 0.15) is 29.9 Å². The van der Waals surface area contributed by atoms with Gasteiger partial charge in [0.05, 0.1) is 23.1 Å². The van der Waals surface area contributed by atoms with Crippen LogP contribution in [0, 0.1) is 0 Å². The van der Waals surface area contributed by atoms with E-state index in [4.69, 9.17) is 0 Å². The Labute approximate surface area is 424 Å². The highest BCUT2D eigenvalue weighted by Crippen LogP contribution is 2.62. The van der Waals surface area contributed by atoms with Crippen LogP contribution >= 0.6 is 0 Å². The smallest absolute Gasteiger partial charge is 0.125 e. The highest BCUT2D eigenvalue weighted by Gasteiger charge is 2.62. The molecule has 2 unspecified atom stereocenters. The molecule has 0 heterocycles. The minimum atomic E-state index is -1.87. The first-order valence-electron chi connectivity index (χ1n) is 24.3. The van der Waals surface area contributed by atoms with Gasteiger partial charge in [-0.05, 0) is 100.0 Å². The van der Waals surface area contributed by atoms with Crippen molar-refractivity contribution in [2.24, 2.45) is 0 Å². The molecule has 358 valence electrons. The highest BCUT2D eigenvalue weighted by atomic mass is 16.3. The van der Waals surface area contributed by atoms with E-state index in [0.29, 0.717) is 11.4 Å². The SMILES string of the molecule is CC1(O)C(c2c(O)cc(N(c3ccc(-c4ccccc4)cc3)c3ccc(-c4ccccc4)cc3)cc2O)C(O)C1c1c(O)cc(N(c2ccc(-c3ccccc3)cc2)c2ccc(-c3ccccc3)cc2)cc1O. The molecular formula is C65H52N2O6. The van der Waals surface area contributed by atoms with Crippen molar-refractivity contribution in [2.45, 2.75) is 30.5 Å². The summed E-state index contributed by atoms with van der Waals surface area (Å²) < 4.78 is 0. The van der Waals surface area contributed by atoms with Gasteiger partial charge in [0.25, 0.3) is 0 Å². The third-order valence-electron chi connectivity index (χ3n) is 14.3. The molecule has 11 rings (SSSR count). The van der Waals surface area contributed by atoms with Gasteiger partial charge in [0.15, 0.2) is 0 Å². The third kappa shape index (κ3) is 8.80. The Morgan fingerprint density at radius 3 is 0.712 bits per heavy atom. The second kappa shape index (κ2) is 19.3. The summed E-state index contributed by atoms with van der Waals surface area (Å²) >= 11 is 0. The molecule has 10 aromatic carbocycles. The molecule has 10 aromatic rings. The Morgan fingerprint density at radius 1 is 0.301 bits per heavy atom. The van der Waals surface area contributed by atoms with E-state index in [2.05, 4.69) is 0 Å². The Kier molecular flexibility index (Phi) is 12.2. The number of aromatic hydroxyl groups is 4. The maximum absolute atomic E-state index is 12.3. The van der Waals surface area contributed by atoms with E-state index in [1.54, 1.807) is 0 Å². The summed E-state index contributed by atoms with van der Waals surface area (Å²) in [5.74, 6) is -3.81. The third-order valence-corrected chi connectivity index (χ3v) is 14.3. The van der Waals surface area contributed by atoms with Gasteiger partial charge in [-0.2, -0.15) is 0 Å². The van der Waals surface area contributed by atoms with Crippen molar-refractivity contribution in [3.8, 4) is 67.5 Å². The van der Waals surface area contributed by atoms with Crippen LogP contribution in [0.2, 0.25) is 0 Å². The van der Waals surface area contributed by atoms with Crippen molar-refractivity contribution in [1.29, 1.82) is 0 Å². The maximum Gasteiger partial charge on any atom is 0.125 e. The Balaban J connectivity index is 0.918. The Bertz CT molecular complexity index is 3070. The monoisotopic (exact) mass is 956 g/mol. The maximum atomic E-state index is 12.3. The van der Waals surface area contributed by atoms with Gasteiger partial charge >= 0.3 is 0 Å². The molecule has 0 bridgehead atoms. The van der Waals surface area contributed by atoms with Crippen LogP contribution in [0.15, 0.2) is 243 Å². The number of nitrogens with zero attached hydrogens (tertiary/aromatic N) is 2. The lowest BCUT2D eigenvalue weighted by Crippen LogP contribution is -2.60. The zero-order valence-electron chi connectivity index (χ0n) is 39.9. The molecule has 1 saturated carbocycles. The first-order chi connectivity index (χ1) is 35.5. The van der Waals surface area contributed by atoms with Gasteiger partial charge in [0, 0.05) is 70.0 Å². The average Bonchev–Trinajstić information content (AvgIpc) is 3.43. The molecular weight excluding hydrogens is 905 g/mol. The van der Waals surface area contributed by atoms with Crippen LogP contribution in [-0.2, 0) is 0 Å². The molecule has 73 heavy (non-hydrogen) atoms. The molecule has 8 nitrogen and oxygen atoms in total. The van der Waals surface area contributed by atoms with Gasteiger partial charge in [0.2, 0.25) is 0 Å². The number of phenols is 4. The lowest BCUT2D eigenvalue weighted by Gasteiger charge is -2.55. The summed E-state index contributed by atoms with van der Waals surface area (Å²) in [6.07, 6.45) is -1.44. The topological polar surface area (TPSA) is 128 Å². The summed E-state index contributed by atoms with van der Waals surface area (Å²) in [4.78, 5) is 3.84. The molecule has 0 amide bonds. The van der Waals surface area contributed by atoms with Crippen molar-refractivity contribution in [3.63, 3.8) is 0 Å². The average molecular weight is 957 g/mol. The quantitative estimate of drug-likeness (QED) is 0.0715. The number of hydrogen-bond acceptors (Lipinski definition) is 8. The number of anilines is 6. The first kappa shape index (κ1) is 46.3. The predicted molar refractivity (Wildman–Crippen MR) is 293 cm³/mol. The summed E-state index contributed by atoms with van der Waals surface area (Å²) in [5.41, 5.74) is 10.2. The molecule has 2 atom stereocenters.